The van der Waals surface area contributed by atoms with Crippen molar-refractivity contribution in [1.29, 1.82) is 0 Å². The molecule has 0 aromatic rings. The highest BCUT2D eigenvalue weighted by Gasteiger charge is 2.71. The van der Waals surface area contributed by atoms with Crippen LogP contribution in [0.15, 0.2) is 23.8 Å². The van der Waals surface area contributed by atoms with Gasteiger partial charge < -0.3 is 5.11 Å². The van der Waals surface area contributed by atoms with Crippen LogP contribution in [0.4, 0.5) is 4.39 Å². The molecule has 7 unspecified atom stereocenters. The van der Waals surface area contributed by atoms with Crippen LogP contribution in [0.2, 0.25) is 0 Å². The predicted molar refractivity (Wildman–Crippen MR) is 87.9 cm³/mol. The molecule has 130 valence electrons. The van der Waals surface area contributed by atoms with Crippen LogP contribution in [0.25, 0.3) is 0 Å². The molecule has 24 heavy (non-hydrogen) atoms. The van der Waals surface area contributed by atoms with Crippen molar-refractivity contribution in [2.75, 3.05) is 0 Å². The molecule has 0 saturated heterocycles. The summed E-state index contributed by atoms with van der Waals surface area (Å²) >= 11 is 0. The van der Waals surface area contributed by atoms with E-state index in [2.05, 4.69) is 0 Å². The lowest BCUT2D eigenvalue weighted by molar-refractivity contribution is -0.190. The summed E-state index contributed by atoms with van der Waals surface area (Å²) in [4.78, 5) is 24.4. The molecule has 4 heteroatoms. The number of hydrogen-bond donors (Lipinski definition) is 1. The second-order valence-corrected chi connectivity index (χ2v) is 8.77. The van der Waals surface area contributed by atoms with Gasteiger partial charge in [-0.2, -0.15) is 0 Å². The minimum Gasteiger partial charge on any atom is -0.390 e. The molecule has 4 rings (SSSR count). The summed E-state index contributed by atoms with van der Waals surface area (Å²) in [6, 6.07) is 0. The van der Waals surface area contributed by atoms with E-state index < -0.39 is 22.6 Å². The molecule has 0 aromatic carbocycles. The minimum atomic E-state index is -1.82. The fourth-order valence-corrected chi connectivity index (χ4v) is 6.33. The van der Waals surface area contributed by atoms with Gasteiger partial charge in [-0.25, -0.2) is 4.39 Å². The van der Waals surface area contributed by atoms with Crippen molar-refractivity contribution in [2.45, 2.75) is 58.2 Å². The fraction of sp³-hybridized carbons (Fsp3) is 0.700. The van der Waals surface area contributed by atoms with E-state index in [-0.39, 0.29) is 35.7 Å². The number of allylic oxidation sites excluding steroid dienone is 4. The maximum atomic E-state index is 16.6. The zero-order valence-corrected chi connectivity index (χ0v) is 14.5. The molecule has 1 N–H and O–H groups in total. The SMILES string of the molecule is CC1CC2C3CCC4=CC(=O)C=CC4(C)C3(F)C(O)CC2(C)C1=O. The first-order valence-corrected chi connectivity index (χ1v) is 9.00. The minimum absolute atomic E-state index is 0.0298. The molecule has 3 fully saturated rings. The molecule has 0 aliphatic heterocycles. The number of fused-ring (bicyclic) bond motifs is 5. The van der Waals surface area contributed by atoms with Gasteiger partial charge in [-0.1, -0.05) is 25.5 Å². The number of halogens is 1. The number of hydrogen-bond acceptors (Lipinski definition) is 3. The van der Waals surface area contributed by atoms with Crippen LogP contribution in [0.3, 0.4) is 0 Å². The van der Waals surface area contributed by atoms with Gasteiger partial charge >= 0.3 is 0 Å². The van der Waals surface area contributed by atoms with Crippen molar-refractivity contribution in [2.24, 2.45) is 28.6 Å². The van der Waals surface area contributed by atoms with E-state index in [4.69, 9.17) is 0 Å². The van der Waals surface area contributed by atoms with E-state index in [1.54, 1.807) is 19.1 Å². The monoisotopic (exact) mass is 332 g/mol. The largest absolute Gasteiger partial charge is 0.390 e. The molecule has 0 amide bonds. The van der Waals surface area contributed by atoms with Gasteiger partial charge in [0.15, 0.2) is 11.5 Å². The van der Waals surface area contributed by atoms with Gasteiger partial charge in [0.05, 0.1) is 6.10 Å². The van der Waals surface area contributed by atoms with Gasteiger partial charge in [0, 0.05) is 22.7 Å². The van der Waals surface area contributed by atoms with Crippen LogP contribution in [-0.2, 0) is 9.59 Å². The lowest BCUT2D eigenvalue weighted by Crippen LogP contribution is -2.66. The highest BCUT2D eigenvalue weighted by molar-refractivity contribution is 6.01. The van der Waals surface area contributed by atoms with E-state index in [9.17, 15) is 14.7 Å². The Hall–Kier alpha value is -1.29. The second kappa shape index (κ2) is 4.66. The lowest BCUT2D eigenvalue weighted by atomic mass is 9.46. The van der Waals surface area contributed by atoms with Crippen molar-refractivity contribution < 1.29 is 19.1 Å². The zero-order valence-electron chi connectivity index (χ0n) is 14.5. The number of rotatable bonds is 0. The van der Waals surface area contributed by atoms with Gasteiger partial charge in [-0.05, 0) is 50.7 Å². The van der Waals surface area contributed by atoms with Crippen LogP contribution in [-0.4, -0.2) is 28.4 Å². The smallest absolute Gasteiger partial charge is 0.178 e. The Morgan fingerprint density at radius 1 is 1.25 bits per heavy atom. The topological polar surface area (TPSA) is 54.4 Å². The Morgan fingerprint density at radius 2 is 1.96 bits per heavy atom. The lowest BCUT2D eigenvalue weighted by Gasteiger charge is -2.60. The normalized spacial score (nSPS) is 53.3. The number of aliphatic hydroxyl groups is 1. The number of aliphatic hydroxyl groups excluding tert-OH is 1. The van der Waals surface area contributed by atoms with Gasteiger partial charge in [-0.3, -0.25) is 9.59 Å². The number of carbonyl (C=O) groups is 2. The quantitative estimate of drug-likeness (QED) is 0.741. The summed E-state index contributed by atoms with van der Waals surface area (Å²) in [5, 5.41) is 10.9. The summed E-state index contributed by atoms with van der Waals surface area (Å²) < 4.78 is 16.6. The van der Waals surface area contributed by atoms with Gasteiger partial charge in [0.1, 0.15) is 5.78 Å². The summed E-state index contributed by atoms with van der Waals surface area (Å²) in [5.41, 5.74) is -2.61. The van der Waals surface area contributed by atoms with E-state index in [0.29, 0.717) is 19.3 Å². The summed E-state index contributed by atoms with van der Waals surface area (Å²) in [6.45, 7) is 5.65. The first-order valence-electron chi connectivity index (χ1n) is 9.00. The first kappa shape index (κ1) is 16.2. The zero-order chi connectivity index (χ0) is 17.5. The molecule has 3 saturated carbocycles. The van der Waals surface area contributed by atoms with Gasteiger partial charge in [0.25, 0.3) is 0 Å². The third-order valence-electron chi connectivity index (χ3n) is 7.65. The van der Waals surface area contributed by atoms with E-state index >= 15 is 4.39 Å². The highest BCUT2D eigenvalue weighted by atomic mass is 19.1. The Labute approximate surface area is 142 Å². The van der Waals surface area contributed by atoms with Crippen LogP contribution >= 0.6 is 0 Å². The Balaban J connectivity index is 1.84. The molecule has 0 heterocycles. The molecule has 0 spiro atoms. The summed E-state index contributed by atoms with van der Waals surface area (Å²) in [5.74, 6) is -0.375. The molecule has 4 aliphatic rings. The molecule has 0 radical (unpaired) electrons. The first-order chi connectivity index (χ1) is 11.1. The van der Waals surface area contributed by atoms with Crippen LogP contribution in [0.5, 0.6) is 0 Å². The standard InChI is InChI=1S/C20H25FO3/c1-11-8-15-14-5-4-12-9-13(22)6-7-19(12,3)20(14,21)16(23)10-18(15,2)17(11)24/h6-7,9,11,14-16,23H,4-5,8,10H2,1-3H3. The number of carbonyl (C=O) groups excluding carboxylic acids is 2. The Kier molecular flexibility index (Phi) is 3.14. The van der Waals surface area contributed by atoms with E-state index in [0.717, 1.165) is 5.57 Å². The molecule has 4 aliphatic carbocycles. The maximum Gasteiger partial charge on any atom is 0.178 e. The Morgan fingerprint density at radius 3 is 2.67 bits per heavy atom. The number of ketones is 2. The number of alkyl halides is 1. The second-order valence-electron chi connectivity index (χ2n) is 8.77. The maximum absolute atomic E-state index is 16.6. The van der Waals surface area contributed by atoms with E-state index in [1.165, 1.54) is 6.08 Å². The third kappa shape index (κ3) is 1.66. The van der Waals surface area contributed by atoms with Crippen LogP contribution in [0, 0.1) is 28.6 Å². The fourth-order valence-electron chi connectivity index (χ4n) is 6.33. The van der Waals surface area contributed by atoms with Crippen molar-refractivity contribution in [1.82, 2.24) is 0 Å². The van der Waals surface area contributed by atoms with Crippen molar-refractivity contribution in [3.63, 3.8) is 0 Å². The predicted octanol–water partition coefficient (Wildman–Crippen LogP) is 3.17. The van der Waals surface area contributed by atoms with Crippen molar-refractivity contribution in [3.8, 4) is 0 Å². The van der Waals surface area contributed by atoms with E-state index in [1.807, 2.05) is 13.8 Å². The van der Waals surface area contributed by atoms with Gasteiger partial charge in [-0.15, -0.1) is 0 Å². The molecule has 0 bridgehead atoms. The molecular weight excluding hydrogens is 307 g/mol. The summed E-state index contributed by atoms with van der Waals surface area (Å²) in [6.07, 6.45) is 5.57. The van der Waals surface area contributed by atoms with Crippen molar-refractivity contribution in [3.05, 3.63) is 23.8 Å². The van der Waals surface area contributed by atoms with Gasteiger partial charge in [0.2, 0.25) is 0 Å². The molecule has 0 aromatic heterocycles. The highest BCUT2D eigenvalue weighted by Crippen LogP contribution is 2.67. The molecule has 3 nitrogen and oxygen atoms in total. The average Bonchev–Trinajstić information content (AvgIpc) is 2.74. The summed E-state index contributed by atoms with van der Waals surface area (Å²) in [7, 11) is 0. The number of Topliss-reactive ketones (excluding diaryl/α,β-unsaturated/α-hetero) is 1. The van der Waals surface area contributed by atoms with Crippen LogP contribution < -0.4 is 0 Å². The average molecular weight is 332 g/mol. The Bertz CT molecular complexity index is 695. The van der Waals surface area contributed by atoms with Crippen LogP contribution in [0.1, 0.15) is 46.5 Å². The molecular formula is C20H25FO3. The third-order valence-corrected chi connectivity index (χ3v) is 7.65. The van der Waals surface area contributed by atoms with Crippen molar-refractivity contribution >= 4 is 11.6 Å². The molecule has 7 atom stereocenters.